The van der Waals surface area contributed by atoms with Gasteiger partial charge in [-0.2, -0.15) is 0 Å². The van der Waals surface area contributed by atoms with Gasteiger partial charge in [0, 0.05) is 11.6 Å². The molecule has 3 heteroatoms. The van der Waals surface area contributed by atoms with Gasteiger partial charge in [0.2, 0.25) is 0 Å². The predicted molar refractivity (Wildman–Crippen MR) is 45.6 cm³/mol. The maximum atomic E-state index is 11.1. The van der Waals surface area contributed by atoms with Crippen LogP contribution < -0.4 is 0 Å². The summed E-state index contributed by atoms with van der Waals surface area (Å²) in [5, 5.41) is 2.72. The molecule has 0 radical (unpaired) electrons. The highest BCUT2D eigenvalue weighted by atomic mass is 32.1. The highest BCUT2D eigenvalue weighted by molar-refractivity contribution is 7.09. The number of nitrogens with zero attached hydrogens (tertiary/aromatic N) is 1. The fourth-order valence-electron chi connectivity index (χ4n) is 0.629. The lowest BCUT2D eigenvalue weighted by Crippen LogP contribution is -2.02. The molecule has 1 aromatic rings. The largest absolute Gasteiger partial charge is 0.294 e. The Bertz CT molecular complexity index is 264. The third kappa shape index (κ3) is 2.27. The van der Waals surface area contributed by atoms with Gasteiger partial charge in [-0.1, -0.05) is 6.58 Å². The van der Waals surface area contributed by atoms with Crippen molar-refractivity contribution in [3.8, 4) is 0 Å². The molecular weight excluding hydrogens is 158 g/mol. The Labute approximate surface area is 69.6 Å². The van der Waals surface area contributed by atoms with Crippen LogP contribution in [0.25, 0.3) is 0 Å². The van der Waals surface area contributed by atoms with Crippen molar-refractivity contribution in [3.63, 3.8) is 0 Å². The summed E-state index contributed by atoms with van der Waals surface area (Å²) in [6.45, 7) is 5.28. The fraction of sp³-hybridized carbons (Fsp3) is 0.250. The number of Topliss-reactive ketones (excluding diaryl/α,β-unsaturated/α-hetero) is 1. The van der Waals surface area contributed by atoms with Crippen LogP contribution in [0.1, 0.15) is 11.9 Å². The summed E-state index contributed by atoms with van der Waals surface area (Å²) >= 11 is 1.50. The van der Waals surface area contributed by atoms with Crippen LogP contribution in [0.5, 0.6) is 0 Å². The van der Waals surface area contributed by atoms with Crippen LogP contribution >= 0.6 is 11.3 Å². The molecule has 0 aliphatic rings. The van der Waals surface area contributed by atoms with Crippen molar-refractivity contribution in [2.75, 3.05) is 0 Å². The van der Waals surface area contributed by atoms with Crippen LogP contribution in [0.4, 0.5) is 0 Å². The third-order valence-electron chi connectivity index (χ3n) is 1.27. The molecule has 0 bridgehead atoms. The summed E-state index contributed by atoms with van der Waals surface area (Å²) < 4.78 is 0. The molecule has 0 atom stereocenters. The van der Waals surface area contributed by atoms with Gasteiger partial charge in [-0.05, 0) is 12.5 Å². The van der Waals surface area contributed by atoms with Crippen LogP contribution in [0.2, 0.25) is 0 Å². The molecule has 0 saturated heterocycles. The van der Waals surface area contributed by atoms with Crippen LogP contribution in [0.15, 0.2) is 23.7 Å². The van der Waals surface area contributed by atoms with Gasteiger partial charge in [-0.25, -0.2) is 4.98 Å². The van der Waals surface area contributed by atoms with E-state index in [1.165, 1.54) is 11.3 Å². The average Bonchev–Trinajstić information content (AvgIpc) is 2.39. The predicted octanol–water partition coefficient (Wildman–Crippen LogP) is 1.83. The quantitative estimate of drug-likeness (QED) is 0.643. The summed E-state index contributed by atoms with van der Waals surface area (Å²) in [6, 6.07) is 0. The standard InChI is InChI=1S/C8H9NOS/c1-6(2)7(10)5-8-9-3-4-11-8/h3-4H,1,5H2,2H3. The molecule has 0 amide bonds. The molecule has 0 spiro atoms. The van der Waals surface area contributed by atoms with E-state index in [1.807, 2.05) is 5.38 Å². The van der Waals surface area contributed by atoms with E-state index in [0.29, 0.717) is 12.0 Å². The van der Waals surface area contributed by atoms with Crippen LogP contribution in [-0.2, 0) is 11.2 Å². The molecule has 58 valence electrons. The Hall–Kier alpha value is -0.960. The Morgan fingerprint density at radius 3 is 3.00 bits per heavy atom. The number of carbonyl (C=O) groups is 1. The van der Waals surface area contributed by atoms with Gasteiger partial charge in [-0.3, -0.25) is 4.79 Å². The second-order valence-electron chi connectivity index (χ2n) is 2.31. The minimum Gasteiger partial charge on any atom is -0.294 e. The summed E-state index contributed by atoms with van der Waals surface area (Å²) in [7, 11) is 0. The smallest absolute Gasteiger partial charge is 0.164 e. The van der Waals surface area contributed by atoms with Gasteiger partial charge in [0.1, 0.15) is 5.01 Å². The molecule has 1 rings (SSSR count). The Balaban J connectivity index is 2.57. The maximum Gasteiger partial charge on any atom is 0.164 e. The zero-order valence-electron chi connectivity index (χ0n) is 6.33. The molecule has 11 heavy (non-hydrogen) atoms. The Kier molecular flexibility index (Phi) is 2.54. The first-order valence-corrected chi connectivity index (χ1v) is 4.15. The monoisotopic (exact) mass is 167 g/mol. The molecule has 2 nitrogen and oxygen atoms in total. The van der Waals surface area contributed by atoms with Crippen molar-refractivity contribution in [1.29, 1.82) is 0 Å². The normalized spacial score (nSPS) is 9.55. The van der Waals surface area contributed by atoms with Crippen molar-refractivity contribution in [3.05, 3.63) is 28.7 Å². The van der Waals surface area contributed by atoms with Crippen LogP contribution in [-0.4, -0.2) is 10.8 Å². The number of aromatic nitrogens is 1. The molecule has 0 aliphatic heterocycles. The zero-order chi connectivity index (χ0) is 8.27. The highest BCUT2D eigenvalue weighted by Gasteiger charge is 2.04. The first-order valence-electron chi connectivity index (χ1n) is 3.27. The summed E-state index contributed by atoms with van der Waals surface area (Å²) in [4.78, 5) is 15.1. The number of allylic oxidation sites excluding steroid dienone is 1. The molecule has 0 N–H and O–H groups in total. The van der Waals surface area contributed by atoms with Crippen LogP contribution in [0.3, 0.4) is 0 Å². The molecule has 1 aromatic heterocycles. The topological polar surface area (TPSA) is 30.0 Å². The van der Waals surface area contributed by atoms with E-state index in [0.717, 1.165) is 5.01 Å². The first-order chi connectivity index (χ1) is 5.20. The Morgan fingerprint density at radius 1 is 1.82 bits per heavy atom. The molecular formula is C8H9NOS. The second kappa shape index (κ2) is 3.44. The molecule has 0 saturated carbocycles. The number of hydrogen-bond acceptors (Lipinski definition) is 3. The highest BCUT2D eigenvalue weighted by Crippen LogP contribution is 2.07. The SMILES string of the molecule is C=C(C)C(=O)Cc1nccs1. The van der Waals surface area contributed by atoms with Gasteiger partial charge < -0.3 is 0 Å². The third-order valence-corrected chi connectivity index (χ3v) is 2.05. The van der Waals surface area contributed by atoms with Crippen LogP contribution in [0, 0.1) is 0 Å². The summed E-state index contributed by atoms with van der Waals surface area (Å²) in [5.74, 6) is 0.0694. The van der Waals surface area contributed by atoms with Crippen molar-refractivity contribution in [2.24, 2.45) is 0 Å². The second-order valence-corrected chi connectivity index (χ2v) is 3.29. The van der Waals surface area contributed by atoms with E-state index in [9.17, 15) is 4.79 Å². The number of thiazole rings is 1. The van der Waals surface area contributed by atoms with E-state index in [2.05, 4.69) is 11.6 Å². The molecule has 0 aromatic carbocycles. The Morgan fingerprint density at radius 2 is 2.55 bits per heavy atom. The molecule has 0 unspecified atom stereocenters. The van der Waals surface area contributed by atoms with Gasteiger partial charge in [0.15, 0.2) is 5.78 Å². The van der Waals surface area contributed by atoms with E-state index in [1.54, 1.807) is 13.1 Å². The zero-order valence-corrected chi connectivity index (χ0v) is 7.15. The summed E-state index contributed by atoms with van der Waals surface area (Å²) in [6.07, 6.45) is 2.10. The number of carbonyl (C=O) groups excluding carboxylic acids is 1. The molecule has 0 aliphatic carbocycles. The minimum atomic E-state index is 0.0694. The maximum absolute atomic E-state index is 11.1. The first kappa shape index (κ1) is 8.14. The van der Waals surface area contributed by atoms with Gasteiger partial charge in [0.25, 0.3) is 0 Å². The lowest BCUT2D eigenvalue weighted by Gasteiger charge is -1.93. The van der Waals surface area contributed by atoms with E-state index in [4.69, 9.17) is 0 Å². The molecule has 1 heterocycles. The van der Waals surface area contributed by atoms with Crippen molar-refractivity contribution in [2.45, 2.75) is 13.3 Å². The van der Waals surface area contributed by atoms with Gasteiger partial charge in [-0.15, -0.1) is 11.3 Å². The van der Waals surface area contributed by atoms with Crippen molar-refractivity contribution in [1.82, 2.24) is 4.98 Å². The number of ketones is 1. The van der Waals surface area contributed by atoms with Crippen molar-refractivity contribution >= 4 is 17.1 Å². The van der Waals surface area contributed by atoms with Gasteiger partial charge >= 0.3 is 0 Å². The summed E-state index contributed by atoms with van der Waals surface area (Å²) in [5.41, 5.74) is 0.597. The van der Waals surface area contributed by atoms with Crippen molar-refractivity contribution < 1.29 is 4.79 Å². The van der Waals surface area contributed by atoms with Gasteiger partial charge in [0.05, 0.1) is 6.42 Å². The average molecular weight is 167 g/mol. The molecule has 0 fully saturated rings. The minimum absolute atomic E-state index is 0.0694. The number of hydrogen-bond donors (Lipinski definition) is 0. The lowest BCUT2D eigenvalue weighted by atomic mass is 10.2. The van der Waals surface area contributed by atoms with E-state index in [-0.39, 0.29) is 5.78 Å². The van der Waals surface area contributed by atoms with E-state index >= 15 is 0 Å². The fourth-order valence-corrected chi connectivity index (χ4v) is 1.24. The lowest BCUT2D eigenvalue weighted by molar-refractivity contribution is -0.114. The number of rotatable bonds is 3. The van der Waals surface area contributed by atoms with E-state index < -0.39 is 0 Å².